The van der Waals surface area contributed by atoms with Crippen molar-refractivity contribution in [3.05, 3.63) is 118 Å². The zero-order chi connectivity index (χ0) is 29.5. The lowest BCUT2D eigenvalue weighted by molar-refractivity contribution is 0.0696. The number of aliphatic hydroxyl groups excluding tert-OH is 1. The lowest BCUT2D eigenvalue weighted by Crippen LogP contribution is -2.37. The molecule has 5 rings (SSSR count). The summed E-state index contributed by atoms with van der Waals surface area (Å²) in [7, 11) is 0. The van der Waals surface area contributed by atoms with Gasteiger partial charge in [-0.05, 0) is 66.3 Å². The average Bonchev–Trinajstić information content (AvgIpc) is 2.99. The maximum Gasteiger partial charge on any atom is 0.411 e. The third kappa shape index (κ3) is 8.92. The molecule has 0 saturated carbocycles. The van der Waals surface area contributed by atoms with Crippen LogP contribution in [-0.4, -0.2) is 39.8 Å². The summed E-state index contributed by atoms with van der Waals surface area (Å²) in [6, 6.07) is 22.9. The van der Waals surface area contributed by atoms with Crippen LogP contribution in [0.25, 0.3) is 0 Å². The van der Waals surface area contributed by atoms with Gasteiger partial charge in [0.05, 0.1) is 11.7 Å². The number of fused-ring (bicyclic) bond motifs is 1. The molecule has 2 atom stereocenters. The van der Waals surface area contributed by atoms with Crippen LogP contribution in [0.4, 0.5) is 10.5 Å². The van der Waals surface area contributed by atoms with Crippen LogP contribution in [0.3, 0.4) is 0 Å². The van der Waals surface area contributed by atoms with Crippen molar-refractivity contribution in [2.45, 2.75) is 38.0 Å². The van der Waals surface area contributed by atoms with E-state index < -0.39 is 18.2 Å². The van der Waals surface area contributed by atoms with Crippen molar-refractivity contribution in [2.24, 2.45) is 0 Å². The van der Waals surface area contributed by atoms with E-state index >= 15 is 0 Å². The third-order valence-corrected chi connectivity index (χ3v) is 7.21. The molecule has 1 aliphatic carbocycles. The Morgan fingerprint density at radius 3 is 2.56 bits per heavy atom. The lowest BCUT2D eigenvalue weighted by Gasteiger charge is -2.27. The van der Waals surface area contributed by atoms with Gasteiger partial charge in [0.1, 0.15) is 23.3 Å². The first-order valence-corrected chi connectivity index (χ1v) is 13.9. The molecule has 0 spiro atoms. The Bertz CT molecular complexity index is 1550. The number of carboxylic acid groups (broad SMARTS) is 1. The molecule has 3 aromatic carbocycles. The highest BCUT2D eigenvalue weighted by atomic mass is 35.5. The van der Waals surface area contributed by atoms with Crippen molar-refractivity contribution in [2.75, 3.05) is 11.9 Å². The molecule has 11 heteroatoms. The standard InChI is InChI=1S/C32H30ClN3O6.ClH/c33-30-11-8-22(17-35-30)29(37)18-34-25-9-6-21-7-10-27(14-23(21)12-25)42-28-15-24(31(38)39)13-26(16-28)36-32(40)41-19-20-4-2-1-3-5-20;/h1-5,7-8,10-11,13-17,25,29,34,37H,6,9,12,18-19H2,(H,36,40)(H,38,39);1H/t25-,29-;/m0./s1. The zero-order valence-electron chi connectivity index (χ0n) is 23.0. The second-order valence-corrected chi connectivity index (χ2v) is 10.4. The first-order valence-electron chi connectivity index (χ1n) is 13.5. The quantitative estimate of drug-likeness (QED) is 0.146. The average molecular weight is 625 g/mol. The SMILES string of the molecule is Cl.O=C(Nc1cc(Oc2ccc3c(c2)C[C@@H](NC[C@H](O)c2ccc(Cl)nc2)CC3)cc(C(=O)O)c1)OCc1ccccc1. The molecule has 1 aliphatic rings. The number of aromatic nitrogens is 1. The molecule has 1 heterocycles. The molecular formula is C32H31Cl2N3O6. The van der Waals surface area contributed by atoms with Gasteiger partial charge in [0.25, 0.3) is 0 Å². The Morgan fingerprint density at radius 2 is 1.81 bits per heavy atom. The summed E-state index contributed by atoms with van der Waals surface area (Å²) in [6.07, 6.45) is 2.70. The van der Waals surface area contributed by atoms with Crippen molar-refractivity contribution in [1.82, 2.24) is 10.3 Å². The first kappa shape index (κ1) is 31.8. The van der Waals surface area contributed by atoms with Gasteiger partial charge in [0.2, 0.25) is 0 Å². The molecule has 0 saturated heterocycles. The molecule has 0 fully saturated rings. The number of aliphatic hydroxyl groups is 1. The number of halogens is 2. The van der Waals surface area contributed by atoms with E-state index in [1.807, 2.05) is 48.5 Å². The minimum Gasteiger partial charge on any atom is -0.478 e. The molecule has 1 aromatic heterocycles. The van der Waals surface area contributed by atoms with E-state index in [0.29, 0.717) is 23.0 Å². The number of anilines is 1. The second-order valence-electron chi connectivity index (χ2n) is 10.0. The predicted molar refractivity (Wildman–Crippen MR) is 165 cm³/mol. The second kappa shape index (κ2) is 14.8. The number of benzene rings is 3. The number of amides is 1. The number of ether oxygens (including phenoxy) is 2. The smallest absolute Gasteiger partial charge is 0.411 e. The summed E-state index contributed by atoms with van der Waals surface area (Å²) in [4.78, 5) is 28.2. The fourth-order valence-electron chi connectivity index (χ4n) is 4.82. The molecule has 43 heavy (non-hydrogen) atoms. The van der Waals surface area contributed by atoms with Crippen LogP contribution >= 0.6 is 24.0 Å². The number of aryl methyl sites for hydroxylation is 1. The van der Waals surface area contributed by atoms with E-state index in [-0.39, 0.29) is 42.1 Å². The topological polar surface area (TPSA) is 130 Å². The summed E-state index contributed by atoms with van der Waals surface area (Å²) in [5.74, 6) is -0.350. The highest BCUT2D eigenvalue weighted by molar-refractivity contribution is 6.29. The predicted octanol–water partition coefficient (Wildman–Crippen LogP) is 6.58. The molecule has 4 N–H and O–H groups in total. The van der Waals surface area contributed by atoms with Crippen LogP contribution in [0.15, 0.2) is 85.1 Å². The highest BCUT2D eigenvalue weighted by Gasteiger charge is 2.21. The van der Waals surface area contributed by atoms with Gasteiger partial charge >= 0.3 is 12.1 Å². The van der Waals surface area contributed by atoms with Gasteiger partial charge in [-0.25, -0.2) is 14.6 Å². The minimum atomic E-state index is -1.16. The van der Waals surface area contributed by atoms with Gasteiger partial charge in [-0.3, -0.25) is 5.32 Å². The number of hydrogen-bond acceptors (Lipinski definition) is 7. The molecule has 0 radical (unpaired) electrons. The number of hydrogen-bond donors (Lipinski definition) is 4. The molecule has 1 amide bonds. The minimum absolute atomic E-state index is 0. The van der Waals surface area contributed by atoms with Crippen LogP contribution < -0.4 is 15.4 Å². The van der Waals surface area contributed by atoms with Gasteiger partial charge in [-0.1, -0.05) is 54.1 Å². The maximum absolute atomic E-state index is 12.4. The van der Waals surface area contributed by atoms with Crippen molar-refractivity contribution in [3.8, 4) is 11.5 Å². The van der Waals surface area contributed by atoms with Crippen LogP contribution in [0.5, 0.6) is 11.5 Å². The number of aromatic carboxylic acids is 1. The van der Waals surface area contributed by atoms with Crippen molar-refractivity contribution < 1.29 is 29.3 Å². The van der Waals surface area contributed by atoms with Crippen LogP contribution in [-0.2, 0) is 24.2 Å². The normalized spacial score (nSPS) is 14.5. The molecular weight excluding hydrogens is 593 g/mol. The first-order chi connectivity index (χ1) is 20.3. The van der Waals surface area contributed by atoms with Gasteiger partial charge in [0, 0.05) is 36.1 Å². The number of carboxylic acids is 1. The molecule has 9 nitrogen and oxygen atoms in total. The Balaban J connectivity index is 0.00000423. The Kier molecular flexibility index (Phi) is 11.0. The molecule has 4 aromatic rings. The van der Waals surface area contributed by atoms with Gasteiger partial charge in [-0.15, -0.1) is 12.4 Å². The Morgan fingerprint density at radius 1 is 1.00 bits per heavy atom. The highest BCUT2D eigenvalue weighted by Crippen LogP contribution is 2.31. The number of nitrogens with one attached hydrogen (secondary N) is 2. The van der Waals surface area contributed by atoms with E-state index in [4.69, 9.17) is 21.1 Å². The van der Waals surface area contributed by atoms with Gasteiger partial charge < -0.3 is 25.0 Å². The summed E-state index contributed by atoms with van der Waals surface area (Å²) in [5.41, 5.74) is 4.04. The number of carbonyl (C=O) groups is 2. The molecule has 0 aliphatic heterocycles. The van der Waals surface area contributed by atoms with Gasteiger partial charge in [-0.2, -0.15) is 0 Å². The van der Waals surface area contributed by atoms with E-state index in [2.05, 4.69) is 15.6 Å². The molecule has 0 unspecified atom stereocenters. The van der Waals surface area contributed by atoms with E-state index in [0.717, 1.165) is 30.4 Å². The van der Waals surface area contributed by atoms with Gasteiger partial charge in [0.15, 0.2) is 0 Å². The third-order valence-electron chi connectivity index (χ3n) is 6.99. The Labute approximate surface area is 260 Å². The summed E-state index contributed by atoms with van der Waals surface area (Å²) < 4.78 is 11.3. The van der Waals surface area contributed by atoms with Crippen LogP contribution in [0.1, 0.15) is 45.1 Å². The van der Waals surface area contributed by atoms with Crippen LogP contribution in [0.2, 0.25) is 5.15 Å². The van der Waals surface area contributed by atoms with Crippen molar-refractivity contribution >= 4 is 41.8 Å². The zero-order valence-corrected chi connectivity index (χ0v) is 24.6. The largest absolute Gasteiger partial charge is 0.478 e. The van der Waals surface area contributed by atoms with Crippen LogP contribution in [0, 0.1) is 0 Å². The molecule has 224 valence electrons. The summed E-state index contributed by atoms with van der Waals surface area (Å²) >= 11 is 5.84. The fraction of sp³-hybridized carbons (Fsp3) is 0.219. The van der Waals surface area contributed by atoms with E-state index in [1.54, 1.807) is 24.4 Å². The van der Waals surface area contributed by atoms with E-state index in [9.17, 15) is 19.8 Å². The van der Waals surface area contributed by atoms with E-state index in [1.165, 1.54) is 17.7 Å². The number of pyridine rings is 1. The maximum atomic E-state index is 12.4. The fourth-order valence-corrected chi connectivity index (χ4v) is 4.93. The van der Waals surface area contributed by atoms with Crippen molar-refractivity contribution in [3.63, 3.8) is 0 Å². The Hall–Kier alpha value is -4.15. The monoisotopic (exact) mass is 623 g/mol. The number of nitrogens with zero attached hydrogens (tertiary/aromatic N) is 1. The number of carbonyl (C=O) groups excluding carboxylic acids is 1. The summed E-state index contributed by atoms with van der Waals surface area (Å²) in [6.45, 7) is 0.460. The molecule has 0 bridgehead atoms. The number of rotatable bonds is 10. The summed E-state index contributed by atoms with van der Waals surface area (Å²) in [5, 5.41) is 26.5. The van der Waals surface area contributed by atoms with Crippen molar-refractivity contribution in [1.29, 1.82) is 0 Å². The lowest BCUT2D eigenvalue weighted by atomic mass is 9.88.